The molecule has 0 aliphatic carbocycles. The molecular weight excluding hydrogens is 294 g/mol. The van der Waals surface area contributed by atoms with Crippen LogP contribution in [0.2, 0.25) is 0 Å². The minimum absolute atomic E-state index is 0.283. The van der Waals surface area contributed by atoms with Crippen LogP contribution >= 0.6 is 0 Å². The second-order valence-corrected chi connectivity index (χ2v) is 6.20. The summed E-state index contributed by atoms with van der Waals surface area (Å²) in [6, 6.07) is 4.79. The lowest BCUT2D eigenvalue weighted by atomic mass is 10.1. The molecule has 1 aliphatic heterocycles. The van der Waals surface area contributed by atoms with Gasteiger partial charge in [-0.1, -0.05) is 17.7 Å². The van der Waals surface area contributed by atoms with E-state index in [9.17, 15) is 14.7 Å². The number of piperidine rings is 1. The van der Waals surface area contributed by atoms with Gasteiger partial charge in [0.1, 0.15) is 0 Å². The van der Waals surface area contributed by atoms with E-state index in [4.69, 9.17) is 0 Å². The number of imide groups is 1. The van der Waals surface area contributed by atoms with Crippen molar-refractivity contribution in [2.24, 2.45) is 0 Å². The maximum Gasteiger partial charge on any atom is 0.325 e. The first-order valence-electron chi connectivity index (χ1n) is 7.98. The summed E-state index contributed by atoms with van der Waals surface area (Å²) in [7, 11) is 0. The van der Waals surface area contributed by atoms with E-state index in [-0.39, 0.29) is 12.0 Å². The molecular formula is C17H25N3O3. The van der Waals surface area contributed by atoms with Crippen molar-refractivity contribution >= 4 is 17.6 Å². The Hall–Kier alpha value is -1.92. The van der Waals surface area contributed by atoms with E-state index < -0.39 is 12.1 Å². The van der Waals surface area contributed by atoms with Gasteiger partial charge >= 0.3 is 6.03 Å². The van der Waals surface area contributed by atoms with E-state index in [1.807, 2.05) is 36.9 Å². The van der Waals surface area contributed by atoms with Gasteiger partial charge in [-0.15, -0.1) is 0 Å². The molecule has 0 spiro atoms. The van der Waals surface area contributed by atoms with Crippen molar-refractivity contribution in [2.75, 3.05) is 18.4 Å². The average Bonchev–Trinajstić information content (AvgIpc) is 2.50. The molecule has 3 N–H and O–H groups in total. The normalized spacial score (nSPS) is 17.6. The largest absolute Gasteiger partial charge is 0.393 e. The number of carbonyl (C=O) groups excluding carboxylic acids is 2. The van der Waals surface area contributed by atoms with E-state index in [0.29, 0.717) is 31.6 Å². The van der Waals surface area contributed by atoms with Crippen LogP contribution in [0, 0.1) is 13.8 Å². The van der Waals surface area contributed by atoms with Crippen molar-refractivity contribution in [1.82, 2.24) is 10.2 Å². The first-order valence-corrected chi connectivity index (χ1v) is 7.98. The molecule has 1 heterocycles. The number of amides is 3. The van der Waals surface area contributed by atoms with E-state index in [1.54, 1.807) is 6.92 Å². The van der Waals surface area contributed by atoms with Crippen LogP contribution in [0.3, 0.4) is 0 Å². The number of likely N-dealkylation sites (tertiary alicyclic amines) is 1. The SMILES string of the molecule is Cc1ccc(NC(=O)NC(=O)C(C)N2CCC(O)CC2)c(C)c1. The smallest absolute Gasteiger partial charge is 0.325 e. The highest BCUT2D eigenvalue weighted by Crippen LogP contribution is 2.16. The molecule has 1 fully saturated rings. The molecule has 1 atom stereocenters. The zero-order chi connectivity index (χ0) is 17.0. The van der Waals surface area contributed by atoms with E-state index >= 15 is 0 Å². The summed E-state index contributed by atoms with van der Waals surface area (Å²) >= 11 is 0. The van der Waals surface area contributed by atoms with Crippen molar-refractivity contribution in [3.63, 3.8) is 0 Å². The van der Waals surface area contributed by atoms with Crippen molar-refractivity contribution < 1.29 is 14.7 Å². The quantitative estimate of drug-likeness (QED) is 0.793. The number of nitrogens with zero attached hydrogens (tertiary/aromatic N) is 1. The van der Waals surface area contributed by atoms with Gasteiger partial charge in [-0.25, -0.2) is 4.79 Å². The van der Waals surface area contributed by atoms with E-state index in [2.05, 4.69) is 10.6 Å². The highest BCUT2D eigenvalue weighted by molar-refractivity contribution is 6.03. The van der Waals surface area contributed by atoms with E-state index in [0.717, 1.165) is 11.1 Å². The first kappa shape index (κ1) is 17.4. The van der Waals surface area contributed by atoms with Crippen LogP contribution in [0.5, 0.6) is 0 Å². The lowest BCUT2D eigenvalue weighted by Gasteiger charge is -2.33. The molecule has 0 bridgehead atoms. The fourth-order valence-corrected chi connectivity index (χ4v) is 2.76. The van der Waals surface area contributed by atoms with Crippen molar-refractivity contribution in [1.29, 1.82) is 0 Å². The molecule has 3 amide bonds. The van der Waals surface area contributed by atoms with Crippen LogP contribution in [0.15, 0.2) is 18.2 Å². The zero-order valence-electron chi connectivity index (χ0n) is 13.9. The Morgan fingerprint density at radius 2 is 1.91 bits per heavy atom. The van der Waals surface area contributed by atoms with Gasteiger partial charge in [-0.05, 0) is 45.2 Å². The Balaban J connectivity index is 1.87. The number of carbonyl (C=O) groups is 2. The van der Waals surface area contributed by atoms with Crippen molar-refractivity contribution in [3.8, 4) is 0 Å². The fourth-order valence-electron chi connectivity index (χ4n) is 2.76. The van der Waals surface area contributed by atoms with Gasteiger partial charge in [0.2, 0.25) is 5.91 Å². The Morgan fingerprint density at radius 3 is 2.52 bits per heavy atom. The third-order valence-electron chi connectivity index (χ3n) is 4.29. The highest BCUT2D eigenvalue weighted by Gasteiger charge is 2.26. The first-order chi connectivity index (χ1) is 10.9. The molecule has 126 valence electrons. The van der Waals surface area contributed by atoms with Gasteiger partial charge in [-0.2, -0.15) is 0 Å². The van der Waals surface area contributed by atoms with Crippen molar-refractivity contribution in [3.05, 3.63) is 29.3 Å². The lowest BCUT2D eigenvalue weighted by molar-refractivity contribution is -0.125. The van der Waals surface area contributed by atoms with Crippen LogP contribution in [0.25, 0.3) is 0 Å². The molecule has 6 heteroatoms. The summed E-state index contributed by atoms with van der Waals surface area (Å²) in [5.41, 5.74) is 2.76. The Bertz CT molecular complexity index is 580. The molecule has 0 aromatic heterocycles. The molecule has 23 heavy (non-hydrogen) atoms. The molecule has 1 unspecified atom stereocenters. The molecule has 6 nitrogen and oxygen atoms in total. The molecule has 1 aliphatic rings. The Labute approximate surface area is 136 Å². The predicted molar refractivity (Wildman–Crippen MR) is 89.4 cm³/mol. The minimum Gasteiger partial charge on any atom is -0.393 e. The van der Waals surface area contributed by atoms with Crippen LogP contribution in [-0.4, -0.2) is 47.2 Å². The number of anilines is 1. The standard InChI is InChI=1S/C17H25N3O3/c1-11-4-5-15(12(2)10-11)18-17(23)19-16(22)13(3)20-8-6-14(21)7-9-20/h4-5,10,13-14,21H,6-9H2,1-3H3,(H2,18,19,22,23). The maximum atomic E-state index is 12.2. The topological polar surface area (TPSA) is 81.7 Å². The highest BCUT2D eigenvalue weighted by atomic mass is 16.3. The molecule has 1 aromatic rings. The van der Waals surface area contributed by atoms with Crippen LogP contribution in [0.1, 0.15) is 30.9 Å². The number of rotatable bonds is 3. The van der Waals surface area contributed by atoms with Gasteiger partial charge in [0.15, 0.2) is 0 Å². The van der Waals surface area contributed by atoms with Gasteiger partial charge in [-0.3, -0.25) is 15.0 Å². The summed E-state index contributed by atoms with van der Waals surface area (Å²) < 4.78 is 0. The molecule has 0 saturated carbocycles. The second-order valence-electron chi connectivity index (χ2n) is 6.20. The Morgan fingerprint density at radius 1 is 1.26 bits per heavy atom. The summed E-state index contributed by atoms with van der Waals surface area (Å²) in [5, 5.41) is 14.6. The lowest BCUT2D eigenvalue weighted by Crippen LogP contribution is -2.50. The second kappa shape index (κ2) is 7.57. The monoisotopic (exact) mass is 319 g/mol. The van der Waals surface area contributed by atoms with Gasteiger partial charge in [0, 0.05) is 18.8 Å². The number of urea groups is 1. The minimum atomic E-state index is -0.522. The van der Waals surface area contributed by atoms with Gasteiger partial charge < -0.3 is 10.4 Å². The number of hydrogen-bond donors (Lipinski definition) is 3. The van der Waals surface area contributed by atoms with Crippen LogP contribution in [-0.2, 0) is 4.79 Å². The maximum absolute atomic E-state index is 12.2. The van der Waals surface area contributed by atoms with E-state index in [1.165, 1.54) is 0 Å². The van der Waals surface area contributed by atoms with Gasteiger partial charge in [0.05, 0.1) is 12.1 Å². The summed E-state index contributed by atoms with van der Waals surface area (Å²) in [6.45, 7) is 6.99. The zero-order valence-corrected chi connectivity index (χ0v) is 13.9. The number of aliphatic hydroxyl groups is 1. The fraction of sp³-hybridized carbons (Fsp3) is 0.529. The summed E-state index contributed by atoms with van der Waals surface area (Å²) in [4.78, 5) is 26.2. The third kappa shape index (κ3) is 4.77. The number of benzene rings is 1. The number of nitrogens with one attached hydrogen (secondary N) is 2. The number of aryl methyl sites for hydroxylation is 2. The predicted octanol–water partition coefficient (Wildman–Crippen LogP) is 1.80. The summed E-state index contributed by atoms with van der Waals surface area (Å²) in [5.74, 6) is -0.330. The molecule has 1 aromatic carbocycles. The Kier molecular flexibility index (Phi) is 5.74. The molecule has 1 saturated heterocycles. The third-order valence-corrected chi connectivity index (χ3v) is 4.29. The van der Waals surface area contributed by atoms with Crippen molar-refractivity contribution in [2.45, 2.75) is 45.8 Å². The molecule has 0 radical (unpaired) electrons. The summed E-state index contributed by atoms with van der Waals surface area (Å²) in [6.07, 6.45) is 1.04. The number of aliphatic hydroxyl groups excluding tert-OH is 1. The van der Waals surface area contributed by atoms with Gasteiger partial charge in [0.25, 0.3) is 0 Å². The number of hydrogen-bond acceptors (Lipinski definition) is 4. The average molecular weight is 319 g/mol. The van der Waals surface area contributed by atoms with Crippen LogP contribution in [0.4, 0.5) is 10.5 Å². The van der Waals surface area contributed by atoms with Crippen LogP contribution < -0.4 is 10.6 Å². The molecule has 2 rings (SSSR count).